The van der Waals surface area contributed by atoms with Crippen molar-refractivity contribution >= 4 is 18.4 Å². The van der Waals surface area contributed by atoms with E-state index < -0.39 is 5.97 Å². The first kappa shape index (κ1) is 16.6. The molecule has 88 valence electrons. The number of rotatable bonds is 8. The van der Waals surface area contributed by atoms with Crippen LogP contribution < -0.4 is 0 Å². The molecule has 0 aliphatic rings. The van der Waals surface area contributed by atoms with Gasteiger partial charge in [-0.2, -0.15) is 0 Å². The lowest BCUT2D eigenvalue weighted by molar-refractivity contribution is -0.143. The number of hydrogen-bond donors (Lipinski definition) is 1. The molecular formula is C10H19ClN2O2. The maximum Gasteiger partial charge on any atom is 0.319 e. The van der Waals surface area contributed by atoms with Crippen molar-refractivity contribution in [2.45, 2.75) is 6.92 Å². The molecule has 1 N–H and O–H groups in total. The smallest absolute Gasteiger partial charge is 0.319 e. The molecule has 0 aromatic heterocycles. The fourth-order valence-corrected chi connectivity index (χ4v) is 1.17. The molecular weight excluding hydrogens is 216 g/mol. The van der Waals surface area contributed by atoms with Gasteiger partial charge in [0, 0.05) is 19.6 Å². The largest absolute Gasteiger partial charge is 0.480 e. The van der Waals surface area contributed by atoms with Crippen molar-refractivity contribution in [2.75, 3.05) is 26.2 Å². The van der Waals surface area contributed by atoms with Crippen LogP contribution in [-0.4, -0.2) is 47.3 Å². The Kier molecular flexibility index (Phi) is 10.7. The summed E-state index contributed by atoms with van der Waals surface area (Å²) < 4.78 is 0. The maximum atomic E-state index is 10.6. The van der Waals surface area contributed by atoms with Gasteiger partial charge in [0.1, 0.15) is 6.54 Å². The van der Waals surface area contributed by atoms with Crippen molar-refractivity contribution in [2.24, 2.45) is 0 Å². The highest BCUT2D eigenvalue weighted by Gasteiger charge is 2.13. The number of nitrogens with zero attached hydrogens (tertiary/aromatic N) is 2. The van der Waals surface area contributed by atoms with Crippen molar-refractivity contribution in [1.29, 1.82) is 0 Å². The Morgan fingerprint density at radius 1 is 1.27 bits per heavy atom. The third-order valence-electron chi connectivity index (χ3n) is 1.76. The number of aliphatic carboxylic acids is 1. The highest BCUT2D eigenvalue weighted by Crippen LogP contribution is 1.98. The molecule has 0 unspecified atom stereocenters. The summed E-state index contributed by atoms with van der Waals surface area (Å²) >= 11 is 0. The zero-order valence-corrected chi connectivity index (χ0v) is 9.87. The molecule has 0 fully saturated rings. The second-order valence-corrected chi connectivity index (χ2v) is 2.82. The molecule has 5 heteroatoms. The van der Waals surface area contributed by atoms with Crippen LogP contribution in [-0.2, 0) is 4.79 Å². The first-order chi connectivity index (χ1) is 6.65. The van der Waals surface area contributed by atoms with Crippen LogP contribution in [0.2, 0.25) is 0 Å². The van der Waals surface area contributed by atoms with Crippen LogP contribution in [0.4, 0.5) is 0 Å². The van der Waals surface area contributed by atoms with E-state index >= 15 is 0 Å². The Balaban J connectivity index is 0. The molecule has 0 aromatic carbocycles. The maximum absolute atomic E-state index is 10.6. The Labute approximate surface area is 97.2 Å². The topological polar surface area (TPSA) is 43.8 Å². The fourth-order valence-electron chi connectivity index (χ4n) is 1.17. The van der Waals surface area contributed by atoms with Crippen molar-refractivity contribution in [3.8, 4) is 0 Å². The summed E-state index contributed by atoms with van der Waals surface area (Å²) in [6, 6.07) is 0. The molecule has 0 saturated heterocycles. The van der Waals surface area contributed by atoms with Crippen LogP contribution >= 0.6 is 12.4 Å². The molecule has 0 amide bonds. The second-order valence-electron chi connectivity index (χ2n) is 2.82. The van der Waals surface area contributed by atoms with Crippen LogP contribution in [0, 0.1) is 0 Å². The van der Waals surface area contributed by atoms with Gasteiger partial charge in [0.25, 0.3) is 0 Å². The predicted octanol–water partition coefficient (Wildman–Crippen LogP) is 1.40. The third kappa shape index (κ3) is 7.13. The SMILES string of the molecule is C=CCN(CC=C)N(CC)CC(=O)O.Cl. The van der Waals surface area contributed by atoms with E-state index in [1.165, 1.54) is 0 Å². The van der Waals surface area contributed by atoms with Crippen molar-refractivity contribution in [3.63, 3.8) is 0 Å². The second kappa shape index (κ2) is 9.71. The minimum atomic E-state index is -0.829. The van der Waals surface area contributed by atoms with Gasteiger partial charge in [-0.15, -0.1) is 25.6 Å². The van der Waals surface area contributed by atoms with E-state index in [4.69, 9.17) is 5.11 Å². The van der Waals surface area contributed by atoms with E-state index in [1.54, 1.807) is 17.2 Å². The highest BCUT2D eigenvalue weighted by molar-refractivity contribution is 5.85. The average Bonchev–Trinajstić information content (AvgIpc) is 2.13. The van der Waals surface area contributed by atoms with Crippen molar-refractivity contribution < 1.29 is 9.90 Å². The molecule has 0 rings (SSSR count). The van der Waals surface area contributed by atoms with Gasteiger partial charge in [-0.25, -0.2) is 10.0 Å². The minimum absolute atomic E-state index is 0. The summed E-state index contributed by atoms with van der Waals surface area (Å²) in [7, 11) is 0. The van der Waals surface area contributed by atoms with Crippen LogP contribution in [0.5, 0.6) is 0 Å². The van der Waals surface area contributed by atoms with Crippen molar-refractivity contribution in [1.82, 2.24) is 10.0 Å². The fraction of sp³-hybridized carbons (Fsp3) is 0.500. The molecule has 0 spiro atoms. The summed E-state index contributed by atoms with van der Waals surface area (Å²) in [5, 5.41) is 12.3. The Hall–Kier alpha value is -0.840. The molecule has 0 aliphatic carbocycles. The van der Waals surface area contributed by atoms with Crippen molar-refractivity contribution in [3.05, 3.63) is 25.3 Å². The normalized spacial score (nSPS) is 9.80. The van der Waals surface area contributed by atoms with E-state index in [2.05, 4.69) is 13.2 Å². The number of carboxylic acid groups (broad SMARTS) is 1. The van der Waals surface area contributed by atoms with Gasteiger partial charge in [-0.05, 0) is 0 Å². The quantitative estimate of drug-likeness (QED) is 0.510. The molecule has 15 heavy (non-hydrogen) atoms. The molecule has 0 aliphatic heterocycles. The number of halogens is 1. The number of hydrazine groups is 1. The Morgan fingerprint density at radius 3 is 2.00 bits per heavy atom. The standard InChI is InChI=1S/C10H18N2O2.ClH/c1-4-7-12(8-5-2)11(6-3)9-10(13)14;/h4-5H,1-2,6-9H2,3H3,(H,13,14);1H. The minimum Gasteiger partial charge on any atom is -0.480 e. The molecule has 0 saturated carbocycles. The van der Waals surface area contributed by atoms with Gasteiger partial charge in [-0.1, -0.05) is 19.1 Å². The zero-order valence-electron chi connectivity index (χ0n) is 9.06. The van der Waals surface area contributed by atoms with Gasteiger partial charge in [0.2, 0.25) is 0 Å². The number of carbonyl (C=O) groups is 1. The zero-order chi connectivity index (χ0) is 11.0. The van der Waals surface area contributed by atoms with E-state index in [1.807, 2.05) is 11.9 Å². The van der Waals surface area contributed by atoms with E-state index in [-0.39, 0.29) is 19.0 Å². The highest BCUT2D eigenvalue weighted by atomic mass is 35.5. The molecule has 0 heterocycles. The van der Waals surface area contributed by atoms with Gasteiger partial charge in [-0.3, -0.25) is 4.79 Å². The summed E-state index contributed by atoms with van der Waals surface area (Å²) in [4.78, 5) is 10.6. The summed E-state index contributed by atoms with van der Waals surface area (Å²) in [5.74, 6) is -0.829. The molecule has 4 nitrogen and oxygen atoms in total. The average molecular weight is 235 g/mol. The Bertz CT molecular complexity index is 200. The van der Waals surface area contributed by atoms with Gasteiger partial charge in [0.15, 0.2) is 0 Å². The van der Waals surface area contributed by atoms with E-state index in [0.717, 1.165) is 0 Å². The van der Waals surface area contributed by atoms with E-state index in [9.17, 15) is 4.79 Å². The van der Waals surface area contributed by atoms with Gasteiger partial charge in [0.05, 0.1) is 0 Å². The van der Waals surface area contributed by atoms with Gasteiger partial charge < -0.3 is 5.11 Å². The molecule has 0 bridgehead atoms. The molecule has 0 aromatic rings. The molecule has 0 atom stereocenters. The third-order valence-corrected chi connectivity index (χ3v) is 1.76. The predicted molar refractivity (Wildman–Crippen MR) is 64.1 cm³/mol. The van der Waals surface area contributed by atoms with Crippen LogP contribution in [0.25, 0.3) is 0 Å². The first-order valence-corrected chi connectivity index (χ1v) is 4.59. The van der Waals surface area contributed by atoms with Crippen LogP contribution in [0.3, 0.4) is 0 Å². The number of likely N-dealkylation sites (N-methyl/N-ethyl adjacent to an activating group) is 1. The monoisotopic (exact) mass is 234 g/mol. The Morgan fingerprint density at radius 2 is 1.73 bits per heavy atom. The number of hydrogen-bond acceptors (Lipinski definition) is 3. The van der Waals surface area contributed by atoms with Gasteiger partial charge >= 0.3 is 5.97 Å². The lowest BCUT2D eigenvalue weighted by Gasteiger charge is -2.31. The first-order valence-electron chi connectivity index (χ1n) is 4.59. The summed E-state index contributed by atoms with van der Waals surface area (Å²) in [6.07, 6.45) is 3.49. The summed E-state index contributed by atoms with van der Waals surface area (Å²) in [6.45, 7) is 11.1. The molecule has 0 radical (unpaired) electrons. The van der Waals surface area contributed by atoms with E-state index in [0.29, 0.717) is 19.6 Å². The summed E-state index contributed by atoms with van der Waals surface area (Å²) in [5.41, 5.74) is 0. The lowest BCUT2D eigenvalue weighted by atomic mass is 10.5. The van der Waals surface area contributed by atoms with Crippen LogP contribution in [0.15, 0.2) is 25.3 Å². The lowest BCUT2D eigenvalue weighted by Crippen LogP contribution is -2.45. The number of carboxylic acids is 1. The van der Waals surface area contributed by atoms with Crippen LogP contribution in [0.1, 0.15) is 6.92 Å².